The maximum absolute atomic E-state index is 12.1. The van der Waals surface area contributed by atoms with Gasteiger partial charge in [0.25, 0.3) is 0 Å². The molecule has 0 aliphatic rings. The molecule has 2 aromatic heterocycles. The van der Waals surface area contributed by atoms with E-state index in [1.807, 2.05) is 87.0 Å². The first-order valence-corrected chi connectivity index (χ1v) is 16.2. The van der Waals surface area contributed by atoms with E-state index >= 15 is 0 Å². The van der Waals surface area contributed by atoms with Gasteiger partial charge in [-0.15, -0.1) is 22.7 Å². The molecule has 4 aromatic rings. The van der Waals surface area contributed by atoms with Gasteiger partial charge in [0.15, 0.2) is 0 Å². The third-order valence-corrected chi connectivity index (χ3v) is 7.49. The second-order valence-corrected chi connectivity index (χ2v) is 13.5. The predicted molar refractivity (Wildman–Crippen MR) is 195 cm³/mol. The molecule has 46 heavy (non-hydrogen) atoms. The molecule has 0 radical (unpaired) electrons. The number of carbonyl (C=O) groups is 3. The third kappa shape index (κ3) is 12.4. The number of rotatable bonds is 7. The molecule has 0 aliphatic carbocycles. The number of carbonyl (C=O) groups excluding carboxylic acids is 3. The standard InChI is InChI=1S/C19H25N3O3S.C14H17N3OS.CH4/c1-12(2)20-17(23)21-15-11-13(16-7-6-10-26-16)8-9-14(15)22-18(24)25-19(3,4)5;1-9(2)16-14(18)17-12-8-10(5-6-11(12)15)13-4-3-7-19-13;/h6-12H,1-5H3,(H,22,24)(H2,20,21,23);3-9H,15H2,1-2H3,(H2,16,17,18);1H4. The minimum Gasteiger partial charge on any atom is -0.444 e. The summed E-state index contributed by atoms with van der Waals surface area (Å²) in [5.74, 6) is 0. The molecule has 0 bridgehead atoms. The first-order chi connectivity index (χ1) is 21.2. The summed E-state index contributed by atoms with van der Waals surface area (Å²) in [5.41, 5.74) is 9.43. The van der Waals surface area contributed by atoms with E-state index < -0.39 is 11.7 Å². The summed E-state index contributed by atoms with van der Waals surface area (Å²) in [7, 11) is 0. The molecular formula is C34H46N6O4S2. The van der Waals surface area contributed by atoms with E-state index in [1.54, 1.807) is 55.6 Å². The molecule has 12 heteroatoms. The number of nitrogen functional groups attached to an aromatic ring is 1. The zero-order valence-corrected chi connectivity index (χ0v) is 28.2. The summed E-state index contributed by atoms with van der Waals surface area (Å²) in [6, 6.07) is 18.6. The Labute approximate surface area is 280 Å². The smallest absolute Gasteiger partial charge is 0.412 e. The fourth-order valence-corrected chi connectivity index (χ4v) is 5.32. The summed E-state index contributed by atoms with van der Waals surface area (Å²) in [4.78, 5) is 38.1. The van der Waals surface area contributed by atoms with Crippen LogP contribution in [0.2, 0.25) is 0 Å². The van der Waals surface area contributed by atoms with Gasteiger partial charge >= 0.3 is 18.2 Å². The molecule has 0 saturated carbocycles. The molecule has 7 N–H and O–H groups in total. The lowest BCUT2D eigenvalue weighted by molar-refractivity contribution is 0.0636. The van der Waals surface area contributed by atoms with Gasteiger partial charge in [0.2, 0.25) is 0 Å². The average molecular weight is 667 g/mol. The van der Waals surface area contributed by atoms with Gasteiger partial charge in [-0.25, -0.2) is 14.4 Å². The van der Waals surface area contributed by atoms with Crippen LogP contribution in [0.5, 0.6) is 0 Å². The minimum atomic E-state index is -0.608. The fourth-order valence-electron chi connectivity index (χ4n) is 3.87. The molecule has 2 aromatic carbocycles. The number of hydrogen-bond donors (Lipinski definition) is 6. The van der Waals surface area contributed by atoms with Crippen LogP contribution in [0.1, 0.15) is 55.9 Å². The summed E-state index contributed by atoms with van der Waals surface area (Å²) < 4.78 is 5.29. The SMILES string of the molecule is C.CC(C)NC(=O)Nc1cc(-c2cccs2)ccc1N.CC(C)NC(=O)Nc1cc(-c2cccs2)ccc1NC(=O)OC(C)(C)C. The number of ether oxygens (including phenoxy) is 1. The predicted octanol–water partition coefficient (Wildman–Crippen LogP) is 9.46. The molecule has 0 aliphatic heterocycles. The van der Waals surface area contributed by atoms with Crippen LogP contribution in [0.15, 0.2) is 71.4 Å². The van der Waals surface area contributed by atoms with Crippen molar-refractivity contribution in [2.24, 2.45) is 0 Å². The summed E-state index contributed by atoms with van der Waals surface area (Å²) in [6.45, 7) is 12.9. The Kier molecular flexibility index (Phi) is 14.1. The molecular weight excluding hydrogens is 621 g/mol. The number of amides is 5. The van der Waals surface area contributed by atoms with Crippen molar-refractivity contribution in [3.05, 3.63) is 71.4 Å². The Hall–Kier alpha value is -4.55. The Balaban J connectivity index is 0.000000328. The third-order valence-electron chi connectivity index (χ3n) is 5.66. The van der Waals surface area contributed by atoms with Crippen LogP contribution in [0.4, 0.5) is 37.1 Å². The number of nitrogens with one attached hydrogen (secondary N) is 5. The normalized spacial score (nSPS) is 10.6. The van der Waals surface area contributed by atoms with Gasteiger partial charge in [-0.05, 0) is 107 Å². The van der Waals surface area contributed by atoms with E-state index in [9.17, 15) is 14.4 Å². The van der Waals surface area contributed by atoms with Crippen molar-refractivity contribution in [3.63, 3.8) is 0 Å². The largest absolute Gasteiger partial charge is 0.444 e. The minimum absolute atomic E-state index is 0. The topological polar surface area (TPSA) is 147 Å². The van der Waals surface area contributed by atoms with Crippen LogP contribution in [0, 0.1) is 0 Å². The highest BCUT2D eigenvalue weighted by Crippen LogP contribution is 2.32. The van der Waals surface area contributed by atoms with Crippen molar-refractivity contribution < 1.29 is 19.1 Å². The van der Waals surface area contributed by atoms with E-state index in [1.165, 1.54) is 0 Å². The molecule has 5 amide bonds. The molecule has 0 spiro atoms. The Morgan fingerprint density at radius 1 is 0.696 bits per heavy atom. The van der Waals surface area contributed by atoms with Gasteiger partial charge in [-0.3, -0.25) is 5.32 Å². The van der Waals surface area contributed by atoms with Crippen molar-refractivity contribution in [1.82, 2.24) is 10.6 Å². The van der Waals surface area contributed by atoms with Gasteiger partial charge in [0.1, 0.15) is 5.60 Å². The Morgan fingerprint density at radius 3 is 1.63 bits per heavy atom. The van der Waals surface area contributed by atoms with Gasteiger partial charge in [0.05, 0.1) is 22.7 Å². The van der Waals surface area contributed by atoms with Crippen LogP contribution in [0.3, 0.4) is 0 Å². The van der Waals surface area contributed by atoms with Crippen LogP contribution in [0.25, 0.3) is 20.9 Å². The van der Waals surface area contributed by atoms with E-state index in [4.69, 9.17) is 10.5 Å². The molecule has 10 nitrogen and oxygen atoms in total. The van der Waals surface area contributed by atoms with E-state index in [0.29, 0.717) is 22.7 Å². The van der Waals surface area contributed by atoms with Crippen LogP contribution in [-0.2, 0) is 4.74 Å². The van der Waals surface area contributed by atoms with E-state index in [0.717, 1.165) is 20.9 Å². The molecule has 0 atom stereocenters. The second-order valence-electron chi connectivity index (χ2n) is 11.7. The van der Waals surface area contributed by atoms with E-state index in [2.05, 4.69) is 26.6 Å². The van der Waals surface area contributed by atoms with Crippen molar-refractivity contribution in [2.75, 3.05) is 21.7 Å². The van der Waals surface area contributed by atoms with Crippen molar-refractivity contribution in [1.29, 1.82) is 0 Å². The van der Waals surface area contributed by atoms with Gasteiger partial charge < -0.3 is 31.7 Å². The molecule has 0 unspecified atom stereocenters. The number of urea groups is 2. The Morgan fingerprint density at radius 2 is 1.17 bits per heavy atom. The highest BCUT2D eigenvalue weighted by Gasteiger charge is 2.18. The van der Waals surface area contributed by atoms with Gasteiger partial charge in [-0.2, -0.15) is 0 Å². The first kappa shape index (κ1) is 37.6. The van der Waals surface area contributed by atoms with Gasteiger partial charge in [0, 0.05) is 21.8 Å². The average Bonchev–Trinajstić information content (AvgIpc) is 3.64. The van der Waals surface area contributed by atoms with Crippen molar-refractivity contribution >= 4 is 63.6 Å². The zero-order valence-electron chi connectivity index (χ0n) is 26.6. The zero-order chi connectivity index (χ0) is 33.1. The number of anilines is 4. The lowest BCUT2D eigenvalue weighted by Crippen LogP contribution is -2.34. The monoisotopic (exact) mass is 666 g/mol. The maximum Gasteiger partial charge on any atom is 0.412 e. The van der Waals surface area contributed by atoms with Crippen molar-refractivity contribution in [3.8, 4) is 20.9 Å². The Bertz CT molecular complexity index is 1560. The molecule has 4 rings (SSSR count). The summed E-state index contributed by atoms with van der Waals surface area (Å²) in [6.07, 6.45) is -0.575. The quantitative estimate of drug-likeness (QED) is 0.109. The van der Waals surface area contributed by atoms with Crippen LogP contribution >= 0.6 is 22.7 Å². The lowest BCUT2D eigenvalue weighted by Gasteiger charge is -2.21. The number of thiophene rings is 2. The van der Waals surface area contributed by atoms with Crippen LogP contribution < -0.4 is 32.3 Å². The fraction of sp³-hybridized carbons (Fsp3) is 0.324. The molecule has 2 heterocycles. The first-order valence-electron chi connectivity index (χ1n) is 14.5. The van der Waals surface area contributed by atoms with Gasteiger partial charge in [-0.1, -0.05) is 31.7 Å². The highest BCUT2D eigenvalue weighted by molar-refractivity contribution is 7.13. The summed E-state index contributed by atoms with van der Waals surface area (Å²) >= 11 is 3.25. The maximum atomic E-state index is 12.1. The number of nitrogens with two attached hydrogens (primary N) is 1. The van der Waals surface area contributed by atoms with Crippen molar-refractivity contribution in [2.45, 2.75) is 73.6 Å². The van der Waals surface area contributed by atoms with E-state index in [-0.39, 0.29) is 31.6 Å². The highest BCUT2D eigenvalue weighted by atomic mass is 32.1. The van der Waals surface area contributed by atoms with Crippen LogP contribution in [-0.4, -0.2) is 35.8 Å². The molecule has 0 fully saturated rings. The summed E-state index contributed by atoms with van der Waals surface area (Å²) in [5, 5.41) is 17.8. The molecule has 248 valence electrons. The number of benzene rings is 2. The number of hydrogen-bond acceptors (Lipinski definition) is 7. The molecule has 0 saturated heterocycles. The second kappa shape index (κ2) is 17.2. The lowest BCUT2D eigenvalue weighted by atomic mass is 10.1.